The maximum absolute atomic E-state index is 6.03. The van der Waals surface area contributed by atoms with Crippen LogP contribution in [0, 0.1) is 0 Å². The van der Waals surface area contributed by atoms with Gasteiger partial charge in [0, 0.05) is 36.8 Å². The summed E-state index contributed by atoms with van der Waals surface area (Å²) in [6.07, 6.45) is 10.8. The van der Waals surface area contributed by atoms with Crippen LogP contribution >= 0.6 is 0 Å². The molecule has 5 heteroatoms. The van der Waals surface area contributed by atoms with E-state index in [0.717, 1.165) is 36.2 Å². The molecule has 0 aliphatic heterocycles. The van der Waals surface area contributed by atoms with E-state index in [-0.39, 0.29) is 0 Å². The van der Waals surface area contributed by atoms with E-state index in [1.54, 1.807) is 19.5 Å². The molecule has 2 N–H and O–H groups in total. The SMILES string of the molecule is COC1CCC(n2cncc2-c2cnccc2N)C1. The second-order valence-corrected chi connectivity index (χ2v) is 4.97. The van der Waals surface area contributed by atoms with Gasteiger partial charge in [-0.15, -0.1) is 0 Å². The molecule has 0 spiro atoms. The van der Waals surface area contributed by atoms with E-state index in [4.69, 9.17) is 10.5 Å². The molecule has 3 rings (SSSR count). The fourth-order valence-electron chi connectivity index (χ4n) is 2.81. The largest absolute Gasteiger partial charge is 0.398 e. The summed E-state index contributed by atoms with van der Waals surface area (Å²) in [5.74, 6) is 0. The van der Waals surface area contributed by atoms with Crippen molar-refractivity contribution in [2.45, 2.75) is 31.4 Å². The van der Waals surface area contributed by atoms with Crippen LogP contribution in [0.15, 0.2) is 31.0 Å². The monoisotopic (exact) mass is 258 g/mol. The molecule has 2 heterocycles. The second kappa shape index (κ2) is 5.01. The summed E-state index contributed by atoms with van der Waals surface area (Å²) in [5, 5.41) is 0. The zero-order valence-electron chi connectivity index (χ0n) is 11.0. The Morgan fingerprint density at radius 1 is 1.32 bits per heavy atom. The fourth-order valence-corrected chi connectivity index (χ4v) is 2.81. The smallest absolute Gasteiger partial charge is 0.0953 e. The highest BCUT2D eigenvalue weighted by atomic mass is 16.5. The first-order valence-corrected chi connectivity index (χ1v) is 6.54. The molecule has 0 amide bonds. The fraction of sp³-hybridized carbons (Fsp3) is 0.429. The van der Waals surface area contributed by atoms with E-state index >= 15 is 0 Å². The maximum atomic E-state index is 6.03. The number of rotatable bonds is 3. The number of nitrogen functional groups attached to an aromatic ring is 1. The summed E-state index contributed by atoms with van der Waals surface area (Å²) in [4.78, 5) is 8.43. The van der Waals surface area contributed by atoms with Gasteiger partial charge < -0.3 is 15.0 Å². The molecule has 0 saturated heterocycles. The first kappa shape index (κ1) is 12.2. The third-order valence-electron chi connectivity index (χ3n) is 3.88. The van der Waals surface area contributed by atoms with Crippen LogP contribution in [-0.2, 0) is 4.74 Å². The molecule has 1 saturated carbocycles. The van der Waals surface area contributed by atoms with Gasteiger partial charge in [-0.3, -0.25) is 4.98 Å². The minimum atomic E-state index is 0.353. The summed E-state index contributed by atoms with van der Waals surface area (Å²) in [6.45, 7) is 0. The Hall–Kier alpha value is -1.88. The van der Waals surface area contributed by atoms with Crippen molar-refractivity contribution in [2.75, 3.05) is 12.8 Å². The topological polar surface area (TPSA) is 66.0 Å². The lowest BCUT2D eigenvalue weighted by atomic mass is 10.1. The average Bonchev–Trinajstić information content (AvgIpc) is 3.07. The molecule has 2 aromatic heterocycles. The van der Waals surface area contributed by atoms with Gasteiger partial charge in [0.15, 0.2) is 0 Å². The molecule has 0 bridgehead atoms. The van der Waals surface area contributed by atoms with Crippen molar-refractivity contribution < 1.29 is 4.74 Å². The third-order valence-corrected chi connectivity index (χ3v) is 3.88. The molecule has 2 unspecified atom stereocenters. The van der Waals surface area contributed by atoms with Crippen LogP contribution in [0.2, 0.25) is 0 Å². The van der Waals surface area contributed by atoms with Gasteiger partial charge in [0.1, 0.15) is 0 Å². The summed E-state index contributed by atoms with van der Waals surface area (Å²) in [5.41, 5.74) is 8.74. The zero-order valence-corrected chi connectivity index (χ0v) is 11.0. The Bertz CT molecular complexity index is 566. The number of hydrogen-bond acceptors (Lipinski definition) is 4. The van der Waals surface area contributed by atoms with Crippen molar-refractivity contribution in [1.82, 2.24) is 14.5 Å². The number of ether oxygens (including phenoxy) is 1. The van der Waals surface area contributed by atoms with E-state index in [0.29, 0.717) is 12.1 Å². The number of pyridine rings is 1. The number of anilines is 1. The Labute approximate surface area is 112 Å². The van der Waals surface area contributed by atoms with Gasteiger partial charge in [0.05, 0.1) is 24.3 Å². The normalized spacial score (nSPS) is 22.8. The van der Waals surface area contributed by atoms with Crippen LogP contribution in [0.4, 0.5) is 5.69 Å². The minimum absolute atomic E-state index is 0.353. The average molecular weight is 258 g/mol. The third kappa shape index (κ3) is 2.21. The van der Waals surface area contributed by atoms with E-state index < -0.39 is 0 Å². The minimum Gasteiger partial charge on any atom is -0.398 e. The zero-order chi connectivity index (χ0) is 13.2. The van der Waals surface area contributed by atoms with Crippen molar-refractivity contribution in [3.05, 3.63) is 31.0 Å². The number of aromatic nitrogens is 3. The maximum Gasteiger partial charge on any atom is 0.0953 e. The number of methoxy groups -OCH3 is 1. The van der Waals surface area contributed by atoms with Crippen molar-refractivity contribution in [3.8, 4) is 11.3 Å². The van der Waals surface area contributed by atoms with Gasteiger partial charge >= 0.3 is 0 Å². The van der Waals surface area contributed by atoms with Gasteiger partial charge in [0.25, 0.3) is 0 Å². The van der Waals surface area contributed by atoms with E-state index in [2.05, 4.69) is 14.5 Å². The Balaban J connectivity index is 1.93. The van der Waals surface area contributed by atoms with Crippen LogP contribution in [0.1, 0.15) is 25.3 Å². The summed E-state index contributed by atoms with van der Waals surface area (Å²) < 4.78 is 7.64. The van der Waals surface area contributed by atoms with E-state index in [9.17, 15) is 0 Å². The lowest BCUT2D eigenvalue weighted by Gasteiger charge is -2.16. The highest BCUT2D eigenvalue weighted by Gasteiger charge is 2.27. The van der Waals surface area contributed by atoms with Crippen LogP contribution in [-0.4, -0.2) is 27.7 Å². The first-order chi connectivity index (χ1) is 9.29. The number of nitrogens with zero attached hydrogens (tertiary/aromatic N) is 3. The Morgan fingerprint density at radius 2 is 2.21 bits per heavy atom. The van der Waals surface area contributed by atoms with Crippen LogP contribution < -0.4 is 5.73 Å². The molecule has 2 aromatic rings. The van der Waals surface area contributed by atoms with Crippen LogP contribution in [0.25, 0.3) is 11.3 Å². The van der Waals surface area contributed by atoms with Gasteiger partial charge in [0.2, 0.25) is 0 Å². The number of nitrogens with two attached hydrogens (primary N) is 1. The van der Waals surface area contributed by atoms with Gasteiger partial charge in [-0.25, -0.2) is 4.98 Å². The first-order valence-electron chi connectivity index (χ1n) is 6.54. The molecule has 1 aliphatic rings. The van der Waals surface area contributed by atoms with E-state index in [1.807, 2.05) is 18.6 Å². The molecule has 0 aromatic carbocycles. The van der Waals surface area contributed by atoms with Crippen molar-refractivity contribution in [2.24, 2.45) is 0 Å². The van der Waals surface area contributed by atoms with Crippen molar-refractivity contribution >= 4 is 5.69 Å². The molecule has 5 nitrogen and oxygen atoms in total. The predicted octanol–water partition coefficient (Wildman–Crippen LogP) is 2.27. The molecular weight excluding hydrogens is 240 g/mol. The number of imidazole rings is 1. The molecule has 2 atom stereocenters. The standard InChI is InChI=1S/C14H18N4O/c1-19-11-3-2-10(6-11)18-9-17-8-14(18)12-7-16-5-4-13(12)15/h4-5,7-11H,2-3,6H2,1H3,(H2,15,16). The summed E-state index contributed by atoms with van der Waals surface area (Å²) in [6, 6.07) is 2.25. The number of hydrogen-bond donors (Lipinski definition) is 1. The van der Waals surface area contributed by atoms with Gasteiger partial charge in [-0.1, -0.05) is 0 Å². The predicted molar refractivity (Wildman–Crippen MR) is 73.6 cm³/mol. The molecule has 1 fully saturated rings. The van der Waals surface area contributed by atoms with Crippen molar-refractivity contribution in [3.63, 3.8) is 0 Å². The van der Waals surface area contributed by atoms with Crippen molar-refractivity contribution in [1.29, 1.82) is 0 Å². The molecule has 19 heavy (non-hydrogen) atoms. The van der Waals surface area contributed by atoms with Gasteiger partial charge in [-0.2, -0.15) is 0 Å². The summed E-state index contributed by atoms with van der Waals surface area (Å²) >= 11 is 0. The Kier molecular flexibility index (Phi) is 3.21. The lowest BCUT2D eigenvalue weighted by Crippen LogP contribution is -2.09. The molecular formula is C14H18N4O. The van der Waals surface area contributed by atoms with Crippen LogP contribution in [0.5, 0.6) is 0 Å². The lowest BCUT2D eigenvalue weighted by molar-refractivity contribution is 0.106. The van der Waals surface area contributed by atoms with Crippen LogP contribution in [0.3, 0.4) is 0 Å². The van der Waals surface area contributed by atoms with E-state index in [1.165, 1.54) is 0 Å². The summed E-state index contributed by atoms with van der Waals surface area (Å²) in [7, 11) is 1.78. The highest BCUT2D eigenvalue weighted by molar-refractivity contribution is 5.72. The molecule has 1 aliphatic carbocycles. The second-order valence-electron chi connectivity index (χ2n) is 4.97. The molecule has 100 valence electrons. The Morgan fingerprint density at radius 3 is 2.95 bits per heavy atom. The van der Waals surface area contributed by atoms with Gasteiger partial charge in [-0.05, 0) is 25.3 Å². The quantitative estimate of drug-likeness (QED) is 0.917. The molecule has 0 radical (unpaired) electrons. The highest BCUT2D eigenvalue weighted by Crippen LogP contribution is 2.35.